The molecule has 1 aromatic heterocycles. The van der Waals surface area contributed by atoms with Crippen molar-refractivity contribution in [1.29, 1.82) is 0 Å². The first-order valence-electron chi connectivity index (χ1n) is 4.67. The van der Waals surface area contributed by atoms with E-state index in [9.17, 15) is 8.78 Å². The van der Waals surface area contributed by atoms with Crippen LogP contribution in [0.25, 0.3) is 0 Å². The van der Waals surface area contributed by atoms with Crippen LogP contribution in [0, 0.1) is 11.6 Å². The van der Waals surface area contributed by atoms with Gasteiger partial charge in [-0.2, -0.15) is 4.98 Å². The molecule has 3 N–H and O–H groups in total. The lowest BCUT2D eigenvalue weighted by Gasteiger charge is -2.08. The van der Waals surface area contributed by atoms with Gasteiger partial charge in [-0.25, -0.2) is 13.8 Å². The largest absolute Gasteiger partial charge is 0.368 e. The van der Waals surface area contributed by atoms with Crippen LogP contribution >= 0.6 is 27.5 Å². The number of nitrogens with two attached hydrogens (primary N) is 1. The Labute approximate surface area is 114 Å². The molecule has 0 aliphatic rings. The smallest absolute Gasteiger partial charge is 0.223 e. The Hall–Kier alpha value is -1.47. The van der Waals surface area contributed by atoms with E-state index in [1.54, 1.807) is 0 Å². The molecule has 1 aromatic carbocycles. The summed E-state index contributed by atoms with van der Waals surface area (Å²) in [6.07, 6.45) is 0. The summed E-state index contributed by atoms with van der Waals surface area (Å²) < 4.78 is 26.9. The molecule has 4 nitrogen and oxygen atoms in total. The molecule has 94 valence electrons. The number of halogens is 4. The van der Waals surface area contributed by atoms with E-state index in [0.717, 1.165) is 12.1 Å². The minimum absolute atomic E-state index is 0.0331. The SMILES string of the molecule is Nc1nc(Cl)cc(Nc2cc(F)c(Br)cc2F)n1. The monoisotopic (exact) mass is 334 g/mol. The second-order valence-corrected chi connectivity index (χ2v) is 4.55. The lowest BCUT2D eigenvalue weighted by Crippen LogP contribution is -2.01. The van der Waals surface area contributed by atoms with Gasteiger partial charge < -0.3 is 11.1 Å². The molecule has 0 amide bonds. The van der Waals surface area contributed by atoms with Gasteiger partial charge in [0, 0.05) is 12.1 Å². The van der Waals surface area contributed by atoms with Crippen LogP contribution in [0.2, 0.25) is 5.15 Å². The van der Waals surface area contributed by atoms with E-state index in [2.05, 4.69) is 31.2 Å². The summed E-state index contributed by atoms with van der Waals surface area (Å²) in [6.45, 7) is 0. The first-order chi connectivity index (χ1) is 8.45. The van der Waals surface area contributed by atoms with Gasteiger partial charge in [-0.15, -0.1) is 0 Å². The Kier molecular flexibility index (Phi) is 3.63. The number of aromatic nitrogens is 2. The van der Waals surface area contributed by atoms with Crippen molar-refractivity contribution in [3.05, 3.63) is 39.5 Å². The standard InChI is InChI=1S/C10H6BrClF2N4/c11-4-1-6(14)7(2-5(4)13)16-9-3-8(12)17-10(15)18-9/h1-3H,(H3,15,16,17,18). The normalized spacial score (nSPS) is 10.4. The maximum Gasteiger partial charge on any atom is 0.223 e. The van der Waals surface area contributed by atoms with Gasteiger partial charge in [0.2, 0.25) is 5.95 Å². The number of benzene rings is 1. The predicted molar refractivity (Wildman–Crippen MR) is 68.8 cm³/mol. The molecule has 0 radical (unpaired) electrons. The quantitative estimate of drug-likeness (QED) is 0.651. The van der Waals surface area contributed by atoms with Gasteiger partial charge in [-0.05, 0) is 22.0 Å². The molecule has 8 heteroatoms. The Balaban J connectivity index is 2.36. The molecule has 0 spiro atoms. The van der Waals surface area contributed by atoms with Gasteiger partial charge in [0.25, 0.3) is 0 Å². The fraction of sp³-hybridized carbons (Fsp3) is 0. The van der Waals surface area contributed by atoms with E-state index in [0.29, 0.717) is 0 Å². The van der Waals surface area contributed by atoms with Crippen molar-refractivity contribution in [2.75, 3.05) is 11.1 Å². The summed E-state index contributed by atoms with van der Waals surface area (Å²) in [4.78, 5) is 7.44. The van der Waals surface area contributed by atoms with E-state index in [1.807, 2.05) is 0 Å². The zero-order chi connectivity index (χ0) is 13.3. The van der Waals surface area contributed by atoms with Crippen molar-refractivity contribution in [2.45, 2.75) is 0 Å². The third kappa shape index (κ3) is 2.85. The predicted octanol–water partition coefficient (Wildman–Crippen LogP) is 3.50. The van der Waals surface area contributed by atoms with Crippen molar-refractivity contribution in [3.63, 3.8) is 0 Å². The molecule has 2 rings (SSSR count). The van der Waals surface area contributed by atoms with E-state index in [4.69, 9.17) is 17.3 Å². The molecule has 1 heterocycles. The fourth-order valence-corrected chi connectivity index (χ4v) is 1.76. The molecular formula is C10H6BrClF2N4. The Bertz CT molecular complexity index is 588. The molecule has 18 heavy (non-hydrogen) atoms. The van der Waals surface area contributed by atoms with Crippen LogP contribution in [0.1, 0.15) is 0 Å². The van der Waals surface area contributed by atoms with Crippen LogP contribution in [0.15, 0.2) is 22.7 Å². The number of nitrogens with zero attached hydrogens (tertiary/aromatic N) is 2. The van der Waals surface area contributed by atoms with Crippen molar-refractivity contribution < 1.29 is 8.78 Å². The summed E-state index contributed by atoms with van der Waals surface area (Å²) in [6, 6.07) is 3.34. The van der Waals surface area contributed by atoms with Crippen molar-refractivity contribution >= 4 is 45.0 Å². The number of hydrogen-bond acceptors (Lipinski definition) is 4. The highest BCUT2D eigenvalue weighted by Crippen LogP contribution is 2.26. The number of rotatable bonds is 2. The van der Waals surface area contributed by atoms with E-state index in [1.165, 1.54) is 6.07 Å². The highest BCUT2D eigenvalue weighted by molar-refractivity contribution is 9.10. The Morgan fingerprint density at radius 1 is 1.17 bits per heavy atom. The molecule has 0 aliphatic carbocycles. The van der Waals surface area contributed by atoms with Crippen LogP contribution in [0.3, 0.4) is 0 Å². The summed E-state index contributed by atoms with van der Waals surface area (Å²) >= 11 is 8.55. The Morgan fingerprint density at radius 2 is 1.89 bits per heavy atom. The van der Waals surface area contributed by atoms with Gasteiger partial charge in [0.15, 0.2) is 0 Å². The molecule has 0 saturated carbocycles. The summed E-state index contributed by atoms with van der Waals surface area (Å²) in [5, 5.41) is 2.67. The third-order valence-electron chi connectivity index (χ3n) is 1.98. The average Bonchev–Trinajstić information content (AvgIpc) is 2.24. The number of anilines is 3. The van der Waals surface area contributed by atoms with Crippen LogP contribution in [-0.2, 0) is 0 Å². The maximum atomic E-state index is 13.6. The van der Waals surface area contributed by atoms with Gasteiger partial charge in [0.1, 0.15) is 22.6 Å². The average molecular weight is 336 g/mol. The van der Waals surface area contributed by atoms with Gasteiger partial charge >= 0.3 is 0 Å². The first-order valence-corrected chi connectivity index (χ1v) is 5.84. The molecule has 0 aliphatic heterocycles. The van der Waals surface area contributed by atoms with Crippen LogP contribution < -0.4 is 11.1 Å². The van der Waals surface area contributed by atoms with Crippen LogP contribution in [0.4, 0.5) is 26.2 Å². The highest BCUT2D eigenvalue weighted by atomic mass is 79.9. The first kappa shape index (κ1) is 13.0. The Morgan fingerprint density at radius 3 is 2.56 bits per heavy atom. The van der Waals surface area contributed by atoms with Gasteiger partial charge in [0.05, 0.1) is 10.2 Å². The van der Waals surface area contributed by atoms with Crippen LogP contribution in [-0.4, -0.2) is 9.97 Å². The molecule has 0 saturated heterocycles. The molecule has 0 unspecified atom stereocenters. The highest BCUT2D eigenvalue weighted by Gasteiger charge is 2.09. The maximum absolute atomic E-state index is 13.6. The van der Waals surface area contributed by atoms with Crippen molar-refractivity contribution in [2.24, 2.45) is 0 Å². The van der Waals surface area contributed by atoms with E-state index in [-0.39, 0.29) is 27.1 Å². The molecular weight excluding hydrogens is 329 g/mol. The van der Waals surface area contributed by atoms with Crippen molar-refractivity contribution in [1.82, 2.24) is 9.97 Å². The molecule has 0 bridgehead atoms. The minimum atomic E-state index is -0.642. The van der Waals surface area contributed by atoms with Crippen LogP contribution in [0.5, 0.6) is 0 Å². The lowest BCUT2D eigenvalue weighted by molar-refractivity contribution is 0.598. The molecule has 2 aromatic rings. The summed E-state index contributed by atoms with van der Waals surface area (Å²) in [5.41, 5.74) is 5.30. The number of hydrogen-bond donors (Lipinski definition) is 2. The minimum Gasteiger partial charge on any atom is -0.368 e. The molecule has 0 fully saturated rings. The zero-order valence-electron chi connectivity index (χ0n) is 8.72. The third-order valence-corrected chi connectivity index (χ3v) is 2.79. The van der Waals surface area contributed by atoms with E-state index >= 15 is 0 Å². The topological polar surface area (TPSA) is 63.8 Å². The summed E-state index contributed by atoms with van der Waals surface area (Å²) in [5.74, 6) is -1.14. The second kappa shape index (κ2) is 5.03. The number of nitrogen functional groups attached to an aromatic ring is 1. The van der Waals surface area contributed by atoms with Gasteiger partial charge in [-0.1, -0.05) is 11.6 Å². The van der Waals surface area contributed by atoms with E-state index < -0.39 is 11.6 Å². The summed E-state index contributed by atoms with van der Waals surface area (Å²) in [7, 11) is 0. The zero-order valence-corrected chi connectivity index (χ0v) is 11.1. The van der Waals surface area contributed by atoms with Gasteiger partial charge in [-0.3, -0.25) is 0 Å². The fourth-order valence-electron chi connectivity index (χ4n) is 1.26. The number of nitrogens with one attached hydrogen (secondary N) is 1. The lowest BCUT2D eigenvalue weighted by atomic mass is 10.3. The molecule has 0 atom stereocenters. The second-order valence-electron chi connectivity index (χ2n) is 3.31. The van der Waals surface area contributed by atoms with Crippen molar-refractivity contribution in [3.8, 4) is 0 Å².